The van der Waals surface area contributed by atoms with E-state index in [1.165, 1.54) is 0 Å². The molecule has 0 aromatic heterocycles. The predicted octanol–water partition coefficient (Wildman–Crippen LogP) is -1.51. The number of aliphatic hydroxyl groups excluding tert-OH is 3. The summed E-state index contributed by atoms with van der Waals surface area (Å²) in [7, 11) is 0. The van der Waals surface area contributed by atoms with Crippen LogP contribution in [-0.4, -0.2) is 46.8 Å². The Labute approximate surface area is 59.1 Å². The van der Waals surface area contributed by atoms with Gasteiger partial charge in [-0.3, -0.25) is 0 Å². The predicted molar refractivity (Wildman–Crippen MR) is 33.5 cm³/mol. The van der Waals surface area contributed by atoms with E-state index in [9.17, 15) is 0 Å². The summed E-state index contributed by atoms with van der Waals surface area (Å²) >= 11 is 0. The molecule has 0 radical (unpaired) electrons. The molecule has 3 atom stereocenters. The molecule has 0 amide bonds. The summed E-state index contributed by atoms with van der Waals surface area (Å²) in [5.74, 6) is 0. The molecular formula is C6H12O4. The molecule has 0 bridgehead atoms. The molecule has 0 aromatic rings. The first-order chi connectivity index (χ1) is 4.74. The quantitative estimate of drug-likeness (QED) is 0.423. The van der Waals surface area contributed by atoms with Crippen LogP contribution in [0.2, 0.25) is 0 Å². The SMILES string of the molecule is OC[C@@H]1CC(O)[C@H](O)CO1. The van der Waals surface area contributed by atoms with E-state index in [4.69, 9.17) is 20.1 Å². The molecule has 4 nitrogen and oxygen atoms in total. The minimum absolute atomic E-state index is 0.0935. The van der Waals surface area contributed by atoms with Crippen LogP contribution in [0.1, 0.15) is 6.42 Å². The second kappa shape index (κ2) is 3.30. The third-order valence-corrected chi connectivity index (χ3v) is 1.65. The molecule has 1 saturated heterocycles. The number of ether oxygens (including phenoxy) is 1. The summed E-state index contributed by atoms with van der Waals surface area (Å²) < 4.78 is 4.95. The summed E-state index contributed by atoms with van der Waals surface area (Å²) in [6, 6.07) is 0. The Morgan fingerprint density at radius 2 is 2.00 bits per heavy atom. The fourth-order valence-corrected chi connectivity index (χ4v) is 0.967. The first-order valence-electron chi connectivity index (χ1n) is 3.32. The lowest BCUT2D eigenvalue weighted by Crippen LogP contribution is -2.42. The van der Waals surface area contributed by atoms with Gasteiger partial charge in [0.1, 0.15) is 6.10 Å². The fraction of sp³-hybridized carbons (Fsp3) is 1.00. The van der Waals surface area contributed by atoms with Crippen molar-refractivity contribution < 1.29 is 20.1 Å². The molecule has 0 saturated carbocycles. The van der Waals surface area contributed by atoms with Gasteiger partial charge in [0.05, 0.1) is 25.4 Å². The smallest absolute Gasteiger partial charge is 0.103 e. The molecule has 60 valence electrons. The van der Waals surface area contributed by atoms with Crippen LogP contribution in [0.5, 0.6) is 0 Å². The molecule has 0 aromatic carbocycles. The topological polar surface area (TPSA) is 69.9 Å². The Hall–Kier alpha value is -0.160. The standard InChI is InChI=1S/C6H12O4/c7-2-4-1-5(8)6(9)3-10-4/h4-9H,1-3H2/t4-,5?,6+/m0/s1. The van der Waals surface area contributed by atoms with Crippen LogP contribution < -0.4 is 0 Å². The third-order valence-electron chi connectivity index (χ3n) is 1.65. The van der Waals surface area contributed by atoms with Crippen LogP contribution in [-0.2, 0) is 4.74 Å². The molecular weight excluding hydrogens is 136 g/mol. The molecule has 1 unspecified atom stereocenters. The summed E-state index contributed by atoms with van der Waals surface area (Å²) in [5.41, 5.74) is 0. The Balaban J connectivity index is 2.33. The maximum atomic E-state index is 9.04. The molecule has 1 aliphatic heterocycles. The average Bonchev–Trinajstić information content (AvgIpc) is 1.95. The molecule has 1 fully saturated rings. The van der Waals surface area contributed by atoms with Crippen molar-refractivity contribution >= 4 is 0 Å². The van der Waals surface area contributed by atoms with Crippen molar-refractivity contribution in [3.05, 3.63) is 0 Å². The van der Waals surface area contributed by atoms with Gasteiger partial charge in [0.25, 0.3) is 0 Å². The van der Waals surface area contributed by atoms with E-state index in [1.807, 2.05) is 0 Å². The van der Waals surface area contributed by atoms with Crippen molar-refractivity contribution in [2.24, 2.45) is 0 Å². The first kappa shape index (κ1) is 7.94. The molecule has 3 N–H and O–H groups in total. The van der Waals surface area contributed by atoms with Crippen molar-refractivity contribution in [1.82, 2.24) is 0 Å². The van der Waals surface area contributed by atoms with Gasteiger partial charge >= 0.3 is 0 Å². The van der Waals surface area contributed by atoms with Crippen molar-refractivity contribution in [3.63, 3.8) is 0 Å². The minimum Gasteiger partial charge on any atom is -0.394 e. The van der Waals surface area contributed by atoms with E-state index in [-0.39, 0.29) is 19.3 Å². The Kier molecular flexibility index (Phi) is 2.62. The zero-order valence-electron chi connectivity index (χ0n) is 5.60. The molecule has 4 heteroatoms. The zero-order valence-corrected chi connectivity index (χ0v) is 5.60. The Bertz CT molecular complexity index is 106. The largest absolute Gasteiger partial charge is 0.394 e. The molecule has 1 heterocycles. The van der Waals surface area contributed by atoms with E-state index in [0.29, 0.717) is 6.42 Å². The van der Waals surface area contributed by atoms with Crippen LogP contribution in [0.3, 0.4) is 0 Å². The van der Waals surface area contributed by atoms with E-state index in [0.717, 1.165) is 0 Å². The lowest BCUT2D eigenvalue weighted by molar-refractivity contribution is -0.131. The third kappa shape index (κ3) is 1.67. The lowest BCUT2D eigenvalue weighted by Gasteiger charge is -2.29. The minimum atomic E-state index is -0.789. The summed E-state index contributed by atoms with van der Waals surface area (Å²) in [5, 5.41) is 26.5. The maximum Gasteiger partial charge on any atom is 0.103 e. The van der Waals surface area contributed by atoms with Crippen molar-refractivity contribution in [2.45, 2.75) is 24.7 Å². The number of aliphatic hydroxyl groups is 3. The molecule has 1 rings (SSSR count). The van der Waals surface area contributed by atoms with Gasteiger partial charge in [-0.1, -0.05) is 0 Å². The van der Waals surface area contributed by atoms with E-state index >= 15 is 0 Å². The molecule has 0 aliphatic carbocycles. The second-order valence-corrected chi connectivity index (χ2v) is 2.51. The van der Waals surface area contributed by atoms with Crippen LogP contribution in [0.25, 0.3) is 0 Å². The van der Waals surface area contributed by atoms with E-state index in [1.54, 1.807) is 0 Å². The Morgan fingerprint density at radius 1 is 1.30 bits per heavy atom. The highest BCUT2D eigenvalue weighted by Crippen LogP contribution is 2.13. The lowest BCUT2D eigenvalue weighted by atomic mass is 10.0. The van der Waals surface area contributed by atoms with Crippen molar-refractivity contribution in [1.29, 1.82) is 0 Å². The number of hydrogen-bond donors (Lipinski definition) is 3. The highest BCUT2D eigenvalue weighted by atomic mass is 16.5. The number of hydrogen-bond acceptors (Lipinski definition) is 4. The van der Waals surface area contributed by atoms with Gasteiger partial charge in [-0.2, -0.15) is 0 Å². The van der Waals surface area contributed by atoms with Gasteiger partial charge in [0.15, 0.2) is 0 Å². The summed E-state index contributed by atoms with van der Waals surface area (Å²) in [6.07, 6.45) is -1.52. The fourth-order valence-electron chi connectivity index (χ4n) is 0.967. The van der Waals surface area contributed by atoms with Crippen LogP contribution in [0.15, 0.2) is 0 Å². The van der Waals surface area contributed by atoms with Crippen molar-refractivity contribution in [3.8, 4) is 0 Å². The highest BCUT2D eigenvalue weighted by molar-refractivity contribution is 4.76. The first-order valence-corrected chi connectivity index (χ1v) is 3.32. The van der Waals surface area contributed by atoms with Gasteiger partial charge in [0.2, 0.25) is 0 Å². The van der Waals surface area contributed by atoms with Gasteiger partial charge in [-0.25, -0.2) is 0 Å². The van der Waals surface area contributed by atoms with E-state index < -0.39 is 12.2 Å². The van der Waals surface area contributed by atoms with E-state index in [2.05, 4.69) is 0 Å². The van der Waals surface area contributed by atoms with Crippen LogP contribution in [0, 0.1) is 0 Å². The monoisotopic (exact) mass is 148 g/mol. The van der Waals surface area contributed by atoms with Crippen molar-refractivity contribution in [2.75, 3.05) is 13.2 Å². The summed E-state index contributed by atoms with van der Waals surface area (Å²) in [6.45, 7) is 0.0240. The molecule has 0 spiro atoms. The van der Waals surface area contributed by atoms with Gasteiger partial charge < -0.3 is 20.1 Å². The second-order valence-electron chi connectivity index (χ2n) is 2.51. The molecule has 10 heavy (non-hydrogen) atoms. The normalized spacial score (nSPS) is 41.7. The maximum absolute atomic E-state index is 9.04. The average molecular weight is 148 g/mol. The van der Waals surface area contributed by atoms with Gasteiger partial charge in [0, 0.05) is 6.42 Å². The Morgan fingerprint density at radius 3 is 2.50 bits per heavy atom. The molecule has 1 aliphatic rings. The summed E-state index contributed by atoms with van der Waals surface area (Å²) in [4.78, 5) is 0. The zero-order chi connectivity index (χ0) is 7.56. The number of rotatable bonds is 1. The highest BCUT2D eigenvalue weighted by Gasteiger charge is 2.27. The van der Waals surface area contributed by atoms with Crippen LogP contribution >= 0.6 is 0 Å². The van der Waals surface area contributed by atoms with Gasteiger partial charge in [-0.05, 0) is 0 Å². The van der Waals surface area contributed by atoms with Gasteiger partial charge in [-0.15, -0.1) is 0 Å². The van der Waals surface area contributed by atoms with Crippen LogP contribution in [0.4, 0.5) is 0 Å².